The predicted octanol–water partition coefficient (Wildman–Crippen LogP) is 2.59. The van der Waals surface area contributed by atoms with Gasteiger partial charge in [0.05, 0.1) is 11.6 Å². The van der Waals surface area contributed by atoms with Crippen molar-refractivity contribution in [1.82, 2.24) is 0 Å². The second-order valence-corrected chi connectivity index (χ2v) is 1.95. The van der Waals surface area contributed by atoms with Crippen LogP contribution in [0.3, 0.4) is 0 Å². The summed E-state index contributed by atoms with van der Waals surface area (Å²) in [5.74, 6) is 0. The Morgan fingerprint density at radius 2 is 2.20 bits per heavy atom. The van der Waals surface area contributed by atoms with Gasteiger partial charge in [-0.2, -0.15) is 5.26 Å². The smallest absolute Gasteiger partial charge is 0.0991 e. The maximum absolute atomic E-state index is 8.45. The Hall–Kier alpha value is -1.29. The maximum atomic E-state index is 8.45. The summed E-state index contributed by atoms with van der Waals surface area (Å²) < 4.78 is 0. The fourth-order valence-electron chi connectivity index (χ4n) is 0.465. The van der Waals surface area contributed by atoms with Crippen LogP contribution in [0, 0.1) is 11.3 Å². The van der Waals surface area contributed by atoms with Gasteiger partial charge in [-0.05, 0) is 19.9 Å². The Kier molecular flexibility index (Phi) is 3.99. The molecule has 0 amide bonds. The summed E-state index contributed by atoms with van der Waals surface area (Å²) in [6.07, 6.45) is 5.29. The minimum Gasteiger partial charge on any atom is -0.192 e. The Labute approximate surface area is 62.0 Å². The summed E-state index contributed by atoms with van der Waals surface area (Å²) in [6, 6.07) is 2.02. The van der Waals surface area contributed by atoms with Crippen molar-refractivity contribution in [3.8, 4) is 6.07 Å². The van der Waals surface area contributed by atoms with Crippen LogP contribution in [-0.2, 0) is 0 Å². The molecule has 0 saturated heterocycles. The van der Waals surface area contributed by atoms with Gasteiger partial charge in [0, 0.05) is 0 Å². The first kappa shape index (κ1) is 8.71. The summed E-state index contributed by atoms with van der Waals surface area (Å²) in [5, 5.41) is 8.45. The summed E-state index contributed by atoms with van der Waals surface area (Å²) in [6.45, 7) is 7.38. The van der Waals surface area contributed by atoms with Crippen LogP contribution in [0.25, 0.3) is 0 Å². The lowest BCUT2D eigenvalue weighted by molar-refractivity contribution is 1.44. The molecule has 1 nitrogen and oxygen atoms in total. The third-order valence-corrected chi connectivity index (χ3v) is 1.19. The molecule has 0 fully saturated rings. The molecule has 52 valence electrons. The minimum atomic E-state index is 0.607. The summed E-state index contributed by atoms with van der Waals surface area (Å²) >= 11 is 0. The van der Waals surface area contributed by atoms with E-state index in [0.29, 0.717) is 5.57 Å². The molecule has 0 saturated carbocycles. The molecule has 0 aromatic rings. The summed E-state index contributed by atoms with van der Waals surface area (Å²) in [5.41, 5.74) is 1.69. The van der Waals surface area contributed by atoms with Crippen LogP contribution in [0.5, 0.6) is 0 Å². The van der Waals surface area contributed by atoms with Crippen molar-refractivity contribution in [1.29, 1.82) is 5.26 Å². The van der Waals surface area contributed by atoms with Crippen LogP contribution in [0.15, 0.2) is 36.0 Å². The molecule has 0 N–H and O–H groups in total. The molecule has 0 aromatic carbocycles. The highest BCUT2D eigenvalue weighted by atomic mass is 14.2. The topological polar surface area (TPSA) is 23.8 Å². The van der Waals surface area contributed by atoms with E-state index in [-0.39, 0.29) is 0 Å². The van der Waals surface area contributed by atoms with E-state index in [1.54, 1.807) is 12.2 Å². The van der Waals surface area contributed by atoms with E-state index in [0.717, 1.165) is 5.57 Å². The zero-order valence-electron chi connectivity index (χ0n) is 6.39. The van der Waals surface area contributed by atoms with Gasteiger partial charge >= 0.3 is 0 Å². The molecule has 0 heterocycles. The molecule has 0 bridgehead atoms. The summed E-state index contributed by atoms with van der Waals surface area (Å²) in [7, 11) is 0. The van der Waals surface area contributed by atoms with Crippen molar-refractivity contribution >= 4 is 0 Å². The van der Waals surface area contributed by atoms with E-state index in [1.165, 1.54) is 0 Å². The molecule has 1 heteroatoms. The maximum Gasteiger partial charge on any atom is 0.0991 e. The predicted molar refractivity (Wildman–Crippen MR) is 43.3 cm³/mol. The Bertz CT molecular complexity index is 213. The fourth-order valence-corrected chi connectivity index (χ4v) is 0.465. The Morgan fingerprint density at radius 3 is 2.50 bits per heavy atom. The van der Waals surface area contributed by atoms with Crippen LogP contribution in [-0.4, -0.2) is 0 Å². The highest BCUT2D eigenvalue weighted by Gasteiger charge is 1.85. The van der Waals surface area contributed by atoms with Crippen LogP contribution < -0.4 is 0 Å². The number of nitriles is 1. The quantitative estimate of drug-likeness (QED) is 0.419. The number of hydrogen-bond donors (Lipinski definition) is 0. The Morgan fingerprint density at radius 1 is 1.60 bits per heavy atom. The van der Waals surface area contributed by atoms with Gasteiger partial charge in [0.2, 0.25) is 0 Å². The first-order valence-corrected chi connectivity index (χ1v) is 3.11. The van der Waals surface area contributed by atoms with Crippen LogP contribution in [0.1, 0.15) is 13.8 Å². The molecule has 0 unspecified atom stereocenters. The normalized spacial score (nSPS) is 12.5. The highest BCUT2D eigenvalue weighted by Crippen LogP contribution is 2.00. The van der Waals surface area contributed by atoms with E-state index in [1.807, 2.05) is 26.0 Å². The fraction of sp³-hybridized carbons (Fsp3) is 0.222. The molecule has 0 rings (SSSR count). The molecule has 0 atom stereocenters. The van der Waals surface area contributed by atoms with Gasteiger partial charge in [0.15, 0.2) is 0 Å². The average Bonchev–Trinajstić information content (AvgIpc) is 1.99. The van der Waals surface area contributed by atoms with E-state index in [9.17, 15) is 0 Å². The summed E-state index contributed by atoms with van der Waals surface area (Å²) in [4.78, 5) is 0. The van der Waals surface area contributed by atoms with E-state index < -0.39 is 0 Å². The van der Waals surface area contributed by atoms with Gasteiger partial charge in [-0.15, -0.1) is 0 Å². The number of nitrogens with zero attached hydrogens (tertiary/aromatic N) is 1. The van der Waals surface area contributed by atoms with Crippen molar-refractivity contribution < 1.29 is 0 Å². The van der Waals surface area contributed by atoms with E-state index in [4.69, 9.17) is 5.26 Å². The minimum absolute atomic E-state index is 0.607. The molecular weight excluding hydrogens is 122 g/mol. The average molecular weight is 133 g/mol. The van der Waals surface area contributed by atoms with Crippen LogP contribution >= 0.6 is 0 Å². The number of hydrogen-bond acceptors (Lipinski definition) is 1. The standard InChI is InChI=1S/C9H11N/c1-4-8(3)6-9(5-2)7-10/h4-6H,2H2,1,3H3/b8-4-,9-6+. The van der Waals surface area contributed by atoms with Gasteiger partial charge in [0.1, 0.15) is 0 Å². The molecule has 0 spiro atoms. The van der Waals surface area contributed by atoms with Gasteiger partial charge in [0.25, 0.3) is 0 Å². The lowest BCUT2D eigenvalue weighted by atomic mass is 10.2. The second kappa shape index (κ2) is 4.58. The monoisotopic (exact) mass is 133 g/mol. The van der Waals surface area contributed by atoms with Gasteiger partial charge in [-0.25, -0.2) is 0 Å². The number of rotatable bonds is 2. The first-order chi connectivity index (χ1) is 4.74. The molecule has 0 aliphatic carbocycles. The second-order valence-electron chi connectivity index (χ2n) is 1.95. The van der Waals surface area contributed by atoms with Crippen molar-refractivity contribution in [3.05, 3.63) is 36.0 Å². The van der Waals surface area contributed by atoms with E-state index >= 15 is 0 Å². The zero-order chi connectivity index (χ0) is 7.98. The SMILES string of the molecule is C=C/C(C#N)=C\C(C)=C/C. The first-order valence-electron chi connectivity index (χ1n) is 3.11. The molecule has 0 aliphatic rings. The molecular formula is C9H11N. The van der Waals surface area contributed by atoms with Gasteiger partial charge < -0.3 is 0 Å². The van der Waals surface area contributed by atoms with Crippen molar-refractivity contribution in [3.63, 3.8) is 0 Å². The zero-order valence-corrected chi connectivity index (χ0v) is 6.39. The van der Waals surface area contributed by atoms with Crippen molar-refractivity contribution in [2.24, 2.45) is 0 Å². The highest BCUT2D eigenvalue weighted by molar-refractivity contribution is 5.37. The van der Waals surface area contributed by atoms with E-state index in [2.05, 4.69) is 6.58 Å². The molecule has 10 heavy (non-hydrogen) atoms. The van der Waals surface area contributed by atoms with Gasteiger partial charge in [-0.1, -0.05) is 24.3 Å². The lowest BCUT2D eigenvalue weighted by Crippen LogP contribution is -1.72. The van der Waals surface area contributed by atoms with Crippen molar-refractivity contribution in [2.75, 3.05) is 0 Å². The van der Waals surface area contributed by atoms with Crippen molar-refractivity contribution in [2.45, 2.75) is 13.8 Å². The lowest BCUT2D eigenvalue weighted by Gasteiger charge is -1.88. The van der Waals surface area contributed by atoms with Gasteiger partial charge in [-0.3, -0.25) is 0 Å². The third kappa shape index (κ3) is 2.88. The van der Waals surface area contributed by atoms with Crippen LogP contribution in [0.2, 0.25) is 0 Å². The Balaban J connectivity index is 4.44. The van der Waals surface area contributed by atoms with Crippen LogP contribution in [0.4, 0.5) is 0 Å². The number of allylic oxidation sites excluding steroid dienone is 5. The molecule has 0 radical (unpaired) electrons. The molecule has 0 aliphatic heterocycles. The molecule has 0 aromatic heterocycles. The third-order valence-electron chi connectivity index (χ3n) is 1.19. The largest absolute Gasteiger partial charge is 0.192 e.